The van der Waals surface area contributed by atoms with Crippen molar-refractivity contribution in [2.24, 2.45) is 0 Å². The first-order valence-corrected chi connectivity index (χ1v) is 9.93. The number of imidazole rings is 1. The molecule has 0 unspecified atom stereocenters. The van der Waals surface area contributed by atoms with Gasteiger partial charge in [0.15, 0.2) is 5.03 Å². The van der Waals surface area contributed by atoms with Crippen molar-refractivity contribution in [1.29, 1.82) is 0 Å². The van der Waals surface area contributed by atoms with Crippen LogP contribution in [0.5, 0.6) is 0 Å². The van der Waals surface area contributed by atoms with Crippen molar-refractivity contribution in [1.82, 2.24) is 19.2 Å². The molecule has 1 aliphatic heterocycles. The zero-order valence-corrected chi connectivity index (χ0v) is 15.9. The third-order valence-electron chi connectivity index (χ3n) is 4.34. The van der Waals surface area contributed by atoms with E-state index in [9.17, 15) is 13.2 Å². The lowest BCUT2D eigenvalue weighted by atomic mass is 10.2. The number of nitrogens with zero attached hydrogens (tertiary/aromatic N) is 4. The molecular weight excluding hydrogens is 378 g/mol. The summed E-state index contributed by atoms with van der Waals surface area (Å²) in [6.07, 6.45) is 2.51. The molecule has 3 rings (SSSR count). The number of likely N-dealkylation sites (N-methyl/N-ethyl adjacent to an activating group) is 1. The highest BCUT2D eigenvalue weighted by Crippen LogP contribution is 2.19. The fourth-order valence-corrected chi connectivity index (χ4v) is 3.93. The summed E-state index contributed by atoms with van der Waals surface area (Å²) in [5, 5.41) is 0.657. The summed E-state index contributed by atoms with van der Waals surface area (Å²) in [5.41, 5.74) is 1.06. The van der Waals surface area contributed by atoms with E-state index in [1.165, 1.54) is 19.6 Å². The quantitative estimate of drug-likeness (QED) is 0.814. The summed E-state index contributed by atoms with van der Waals surface area (Å²) >= 11 is 5.91. The van der Waals surface area contributed by atoms with Gasteiger partial charge in [-0.05, 0) is 24.3 Å². The van der Waals surface area contributed by atoms with Gasteiger partial charge in [0, 0.05) is 43.9 Å². The summed E-state index contributed by atoms with van der Waals surface area (Å²) < 4.78 is 25.7. The molecule has 1 amide bonds. The average Bonchev–Trinajstić information content (AvgIpc) is 3.18. The summed E-state index contributed by atoms with van der Waals surface area (Å²) in [7, 11) is -2.36. The molecule has 8 nitrogen and oxygen atoms in total. The number of sulfonamides is 1. The second kappa shape index (κ2) is 7.65. The van der Waals surface area contributed by atoms with Crippen LogP contribution in [0, 0.1) is 0 Å². The number of halogens is 1. The van der Waals surface area contributed by atoms with Crippen molar-refractivity contribution < 1.29 is 13.2 Å². The number of amides is 1. The van der Waals surface area contributed by atoms with Crippen LogP contribution in [0.2, 0.25) is 5.02 Å². The lowest BCUT2D eigenvalue weighted by Gasteiger charge is -2.36. The van der Waals surface area contributed by atoms with Crippen LogP contribution in [0.3, 0.4) is 0 Å². The minimum atomic E-state index is -3.74. The number of carbonyl (C=O) groups is 1. The molecule has 0 spiro atoms. The first kappa shape index (κ1) is 18.7. The van der Waals surface area contributed by atoms with Gasteiger partial charge in [0.25, 0.3) is 10.0 Å². The first-order valence-electron chi connectivity index (χ1n) is 8.11. The molecule has 1 N–H and O–H groups in total. The molecule has 140 valence electrons. The number of piperazine rings is 1. The minimum absolute atomic E-state index is 0.0274. The average molecular weight is 398 g/mol. The molecule has 2 heterocycles. The van der Waals surface area contributed by atoms with Crippen molar-refractivity contribution in [3.05, 3.63) is 41.8 Å². The van der Waals surface area contributed by atoms with E-state index < -0.39 is 10.0 Å². The molecule has 0 radical (unpaired) electrons. The van der Waals surface area contributed by atoms with Crippen LogP contribution in [0.1, 0.15) is 0 Å². The molecule has 1 saturated heterocycles. The molecule has 1 aromatic heterocycles. The number of hydrogen-bond acceptors (Lipinski definition) is 5. The molecule has 0 atom stereocenters. The lowest BCUT2D eigenvalue weighted by molar-refractivity contribution is -0.131. The Kier molecular flexibility index (Phi) is 5.49. The van der Waals surface area contributed by atoms with Crippen LogP contribution in [-0.4, -0.2) is 73.3 Å². The van der Waals surface area contributed by atoms with E-state index >= 15 is 0 Å². The van der Waals surface area contributed by atoms with Gasteiger partial charge in [0.1, 0.15) is 0 Å². The highest BCUT2D eigenvalue weighted by molar-refractivity contribution is 7.89. The molecule has 1 aromatic carbocycles. The molecule has 1 aliphatic rings. The Hall–Kier alpha value is -2.10. The maximum Gasteiger partial charge on any atom is 0.260 e. The number of hydrogen-bond donors (Lipinski definition) is 1. The Morgan fingerprint density at radius 1 is 1.23 bits per heavy atom. The fraction of sp³-hybridized carbons (Fsp3) is 0.375. The van der Waals surface area contributed by atoms with Crippen molar-refractivity contribution in [2.45, 2.75) is 5.03 Å². The zero-order chi connectivity index (χ0) is 18.7. The van der Waals surface area contributed by atoms with Gasteiger partial charge in [0.05, 0.1) is 19.1 Å². The van der Waals surface area contributed by atoms with Gasteiger partial charge in [-0.1, -0.05) is 11.6 Å². The van der Waals surface area contributed by atoms with Gasteiger partial charge in [0.2, 0.25) is 5.91 Å². The lowest BCUT2D eigenvalue weighted by Crippen LogP contribution is -2.51. The number of anilines is 1. The molecule has 1 fully saturated rings. The third-order valence-corrected chi connectivity index (χ3v) is 6.32. The number of rotatable bonds is 5. The van der Waals surface area contributed by atoms with Crippen LogP contribution in [0.4, 0.5) is 5.69 Å². The smallest absolute Gasteiger partial charge is 0.260 e. The van der Waals surface area contributed by atoms with Crippen molar-refractivity contribution in [3.63, 3.8) is 0 Å². The molecular formula is C16H20ClN5O3S. The monoisotopic (exact) mass is 397 g/mol. The van der Waals surface area contributed by atoms with E-state index in [0.29, 0.717) is 31.2 Å². The zero-order valence-electron chi connectivity index (χ0n) is 14.3. The molecule has 26 heavy (non-hydrogen) atoms. The van der Waals surface area contributed by atoms with E-state index in [4.69, 9.17) is 11.6 Å². The second-order valence-electron chi connectivity index (χ2n) is 6.02. The molecule has 2 aromatic rings. The number of H-pyrrole nitrogens is 1. The van der Waals surface area contributed by atoms with Gasteiger partial charge in [-0.2, -0.15) is 4.31 Å². The van der Waals surface area contributed by atoms with Gasteiger partial charge in [-0.3, -0.25) is 4.79 Å². The maximum atomic E-state index is 12.5. The topological polar surface area (TPSA) is 89.6 Å². The van der Waals surface area contributed by atoms with E-state index in [1.54, 1.807) is 4.90 Å². The second-order valence-corrected chi connectivity index (χ2v) is 8.47. The highest BCUT2D eigenvalue weighted by Gasteiger charge is 2.28. The van der Waals surface area contributed by atoms with E-state index in [2.05, 4.69) is 14.9 Å². The number of nitrogens with one attached hydrogen (secondary N) is 1. The van der Waals surface area contributed by atoms with Gasteiger partial charge < -0.3 is 14.8 Å². The molecule has 0 saturated carbocycles. The molecule has 0 aliphatic carbocycles. The van der Waals surface area contributed by atoms with Crippen molar-refractivity contribution in [2.75, 3.05) is 44.7 Å². The van der Waals surface area contributed by atoms with Crippen molar-refractivity contribution >= 4 is 33.2 Å². The number of aromatic amines is 1. The van der Waals surface area contributed by atoms with Crippen LogP contribution in [0.25, 0.3) is 0 Å². The Morgan fingerprint density at radius 3 is 2.46 bits per heavy atom. The largest absolute Gasteiger partial charge is 0.368 e. The Balaban J connectivity index is 1.56. The third kappa shape index (κ3) is 4.00. The maximum absolute atomic E-state index is 12.5. The number of carbonyl (C=O) groups excluding carboxylic acids is 1. The highest BCUT2D eigenvalue weighted by atomic mass is 35.5. The summed E-state index contributed by atoms with van der Waals surface area (Å²) in [5.74, 6) is -0.216. The number of aromatic nitrogens is 2. The SMILES string of the molecule is CN(CC(=O)N1CCN(c2ccc(Cl)cc2)CC1)S(=O)(=O)c1cnc[nH]1. The van der Waals surface area contributed by atoms with Crippen LogP contribution < -0.4 is 4.90 Å². The normalized spacial score (nSPS) is 15.5. The van der Waals surface area contributed by atoms with Crippen LogP contribution in [0.15, 0.2) is 41.8 Å². The minimum Gasteiger partial charge on any atom is -0.368 e. The Morgan fingerprint density at radius 2 is 1.88 bits per heavy atom. The Labute approximate surface area is 157 Å². The van der Waals surface area contributed by atoms with Crippen LogP contribution in [-0.2, 0) is 14.8 Å². The first-order chi connectivity index (χ1) is 12.4. The van der Waals surface area contributed by atoms with Gasteiger partial charge in [-0.25, -0.2) is 13.4 Å². The Bertz CT molecular complexity index is 847. The summed E-state index contributed by atoms with van der Waals surface area (Å²) in [6.45, 7) is 2.25. The van der Waals surface area contributed by atoms with E-state index in [1.807, 2.05) is 24.3 Å². The predicted octanol–water partition coefficient (Wildman–Crippen LogP) is 1.03. The predicted molar refractivity (Wildman–Crippen MR) is 98.6 cm³/mol. The molecule has 10 heteroatoms. The number of benzene rings is 1. The summed E-state index contributed by atoms with van der Waals surface area (Å²) in [6, 6.07) is 7.57. The van der Waals surface area contributed by atoms with E-state index in [-0.39, 0.29) is 17.5 Å². The van der Waals surface area contributed by atoms with E-state index in [0.717, 1.165) is 9.99 Å². The van der Waals surface area contributed by atoms with Gasteiger partial charge in [-0.15, -0.1) is 0 Å². The molecule has 0 bridgehead atoms. The fourth-order valence-electron chi connectivity index (χ4n) is 2.79. The summed E-state index contributed by atoms with van der Waals surface area (Å²) in [4.78, 5) is 22.6. The van der Waals surface area contributed by atoms with Crippen molar-refractivity contribution in [3.8, 4) is 0 Å². The van der Waals surface area contributed by atoms with Gasteiger partial charge >= 0.3 is 0 Å². The standard InChI is InChI=1S/C16H20ClN5O3S/c1-20(26(24,25)15-10-18-12-19-15)11-16(23)22-8-6-21(7-9-22)14-4-2-13(17)3-5-14/h2-5,10,12H,6-9,11H2,1H3,(H,18,19). The van der Waals surface area contributed by atoms with Crippen LogP contribution >= 0.6 is 11.6 Å².